The average molecular weight is 437 g/mol. The maximum atomic E-state index is 13.5. The minimum atomic E-state index is 0.0619. The van der Waals surface area contributed by atoms with E-state index in [-0.39, 0.29) is 11.8 Å². The molecule has 1 saturated heterocycles. The zero-order valence-electron chi connectivity index (χ0n) is 19.4. The molecule has 1 amide bonds. The average Bonchev–Trinajstić information content (AvgIpc) is 3.20. The molecule has 3 heteroatoms. The highest BCUT2D eigenvalue weighted by molar-refractivity contribution is 5.86. The van der Waals surface area contributed by atoms with Crippen LogP contribution in [0.15, 0.2) is 91.1 Å². The summed E-state index contributed by atoms with van der Waals surface area (Å²) in [6.07, 6.45) is 6.02. The van der Waals surface area contributed by atoms with Gasteiger partial charge in [-0.3, -0.25) is 4.79 Å². The molecule has 168 valence electrons. The lowest BCUT2D eigenvalue weighted by Gasteiger charge is -2.33. The molecule has 1 unspecified atom stereocenters. The Morgan fingerprint density at radius 1 is 0.879 bits per heavy atom. The highest BCUT2D eigenvalue weighted by Crippen LogP contribution is 2.35. The van der Waals surface area contributed by atoms with Gasteiger partial charge in [0.15, 0.2) is 0 Å². The van der Waals surface area contributed by atoms with E-state index in [0.29, 0.717) is 12.3 Å². The van der Waals surface area contributed by atoms with Crippen molar-refractivity contribution in [3.63, 3.8) is 0 Å². The van der Waals surface area contributed by atoms with Crippen molar-refractivity contribution in [3.8, 4) is 0 Å². The molecule has 5 rings (SSSR count). The van der Waals surface area contributed by atoms with E-state index in [1.165, 1.54) is 27.6 Å². The Morgan fingerprint density at radius 2 is 1.52 bits per heavy atom. The molecule has 0 N–H and O–H groups in total. The van der Waals surface area contributed by atoms with Crippen LogP contribution < -0.4 is 0 Å². The predicted octanol–water partition coefficient (Wildman–Crippen LogP) is 6.18. The number of aromatic nitrogens is 1. The Hall–Kier alpha value is -3.33. The Balaban J connectivity index is 1.32. The summed E-state index contributed by atoms with van der Waals surface area (Å²) in [5.41, 5.74) is 5.07. The van der Waals surface area contributed by atoms with Crippen molar-refractivity contribution in [2.45, 2.75) is 31.6 Å². The Morgan fingerprint density at radius 3 is 2.24 bits per heavy atom. The van der Waals surface area contributed by atoms with Gasteiger partial charge in [0.25, 0.3) is 0 Å². The second kappa shape index (κ2) is 9.66. The summed E-state index contributed by atoms with van der Waals surface area (Å²) in [6.45, 7) is 1.74. The van der Waals surface area contributed by atoms with E-state index in [1.54, 1.807) is 0 Å². The van der Waals surface area contributed by atoms with Crippen molar-refractivity contribution in [2.24, 2.45) is 13.0 Å². The molecule has 1 aliphatic heterocycles. The summed E-state index contributed by atoms with van der Waals surface area (Å²) in [6, 6.07) is 29.8. The van der Waals surface area contributed by atoms with E-state index in [4.69, 9.17) is 0 Å². The highest BCUT2D eigenvalue weighted by atomic mass is 16.2. The molecule has 3 nitrogen and oxygen atoms in total. The SMILES string of the molecule is Cn1cc(C(CC(=O)N2CCC(Cc3ccccc3)CC2)c2ccccc2)c2ccccc21. The number of carbonyl (C=O) groups is 1. The Bertz CT molecular complexity index is 1200. The van der Waals surface area contributed by atoms with Gasteiger partial charge in [-0.1, -0.05) is 78.9 Å². The first-order valence-corrected chi connectivity index (χ1v) is 12.1. The summed E-state index contributed by atoms with van der Waals surface area (Å²) in [5, 5.41) is 1.24. The lowest BCUT2D eigenvalue weighted by molar-refractivity contribution is -0.132. The van der Waals surface area contributed by atoms with Gasteiger partial charge in [-0.25, -0.2) is 0 Å². The number of benzene rings is 3. The maximum Gasteiger partial charge on any atom is 0.223 e. The second-order valence-corrected chi connectivity index (χ2v) is 9.39. The van der Waals surface area contributed by atoms with Crippen LogP contribution in [0.2, 0.25) is 0 Å². The topological polar surface area (TPSA) is 25.2 Å². The largest absolute Gasteiger partial charge is 0.350 e. The molecule has 33 heavy (non-hydrogen) atoms. The van der Waals surface area contributed by atoms with Gasteiger partial charge in [-0.05, 0) is 47.9 Å². The van der Waals surface area contributed by atoms with E-state index in [9.17, 15) is 4.79 Å². The molecule has 3 aromatic carbocycles. The molecule has 2 heterocycles. The third-order valence-corrected chi connectivity index (χ3v) is 7.22. The van der Waals surface area contributed by atoms with Crippen LogP contribution in [0.4, 0.5) is 0 Å². The molecule has 1 aliphatic rings. The monoisotopic (exact) mass is 436 g/mol. The lowest BCUT2D eigenvalue weighted by atomic mass is 9.86. The Labute approximate surface area is 196 Å². The van der Waals surface area contributed by atoms with Gasteiger partial charge in [0.1, 0.15) is 0 Å². The van der Waals surface area contributed by atoms with Crippen LogP contribution in [0.5, 0.6) is 0 Å². The first-order valence-electron chi connectivity index (χ1n) is 12.1. The highest BCUT2D eigenvalue weighted by Gasteiger charge is 2.27. The van der Waals surface area contributed by atoms with Crippen molar-refractivity contribution < 1.29 is 4.79 Å². The third kappa shape index (κ3) is 4.73. The second-order valence-electron chi connectivity index (χ2n) is 9.39. The normalized spacial score (nSPS) is 15.6. The number of carbonyl (C=O) groups excluding carboxylic acids is 1. The van der Waals surface area contributed by atoms with Crippen LogP contribution in [-0.2, 0) is 18.3 Å². The zero-order chi connectivity index (χ0) is 22.6. The minimum absolute atomic E-state index is 0.0619. The molecule has 0 spiro atoms. The molecule has 0 radical (unpaired) electrons. The van der Waals surface area contributed by atoms with Crippen LogP contribution in [0.3, 0.4) is 0 Å². The van der Waals surface area contributed by atoms with Crippen molar-refractivity contribution in [2.75, 3.05) is 13.1 Å². The molecule has 1 fully saturated rings. The fourth-order valence-electron chi connectivity index (χ4n) is 5.38. The summed E-state index contributed by atoms with van der Waals surface area (Å²) >= 11 is 0. The predicted molar refractivity (Wildman–Crippen MR) is 135 cm³/mol. The maximum absolute atomic E-state index is 13.5. The van der Waals surface area contributed by atoms with E-state index < -0.39 is 0 Å². The Kier molecular flexibility index (Phi) is 6.30. The van der Waals surface area contributed by atoms with E-state index in [2.05, 4.69) is 102 Å². The molecule has 0 saturated carbocycles. The summed E-state index contributed by atoms with van der Waals surface area (Å²) < 4.78 is 2.18. The molecular weight excluding hydrogens is 404 g/mol. The van der Waals surface area contributed by atoms with E-state index >= 15 is 0 Å². The van der Waals surface area contributed by atoms with Crippen molar-refractivity contribution in [3.05, 3.63) is 108 Å². The van der Waals surface area contributed by atoms with Gasteiger partial charge in [-0.15, -0.1) is 0 Å². The van der Waals surface area contributed by atoms with Crippen molar-refractivity contribution in [1.29, 1.82) is 0 Å². The molecule has 1 atom stereocenters. The minimum Gasteiger partial charge on any atom is -0.350 e. The quantitative estimate of drug-likeness (QED) is 0.354. The molecular formula is C30H32N2O. The fourth-order valence-corrected chi connectivity index (χ4v) is 5.38. The van der Waals surface area contributed by atoms with E-state index in [0.717, 1.165) is 32.4 Å². The van der Waals surface area contributed by atoms with Crippen LogP contribution in [0.1, 0.15) is 41.9 Å². The number of hydrogen-bond donors (Lipinski definition) is 0. The fraction of sp³-hybridized carbons (Fsp3) is 0.300. The van der Waals surface area contributed by atoms with Crippen LogP contribution in [0.25, 0.3) is 10.9 Å². The zero-order valence-corrected chi connectivity index (χ0v) is 19.4. The number of likely N-dealkylation sites (tertiary alicyclic amines) is 1. The number of hydrogen-bond acceptors (Lipinski definition) is 1. The number of piperidine rings is 1. The third-order valence-electron chi connectivity index (χ3n) is 7.22. The number of aryl methyl sites for hydroxylation is 1. The van der Waals surface area contributed by atoms with Gasteiger partial charge < -0.3 is 9.47 Å². The van der Waals surface area contributed by atoms with Crippen LogP contribution in [-0.4, -0.2) is 28.5 Å². The van der Waals surface area contributed by atoms with Gasteiger partial charge >= 0.3 is 0 Å². The summed E-state index contributed by atoms with van der Waals surface area (Å²) in [7, 11) is 2.09. The first kappa shape index (κ1) is 21.5. The smallest absolute Gasteiger partial charge is 0.223 e. The van der Waals surface area contributed by atoms with E-state index in [1.807, 2.05) is 6.07 Å². The number of para-hydroxylation sites is 1. The van der Waals surface area contributed by atoms with Crippen LogP contribution >= 0.6 is 0 Å². The summed E-state index contributed by atoms with van der Waals surface area (Å²) in [4.78, 5) is 15.6. The number of fused-ring (bicyclic) bond motifs is 1. The molecule has 0 aliphatic carbocycles. The number of nitrogens with zero attached hydrogens (tertiary/aromatic N) is 2. The van der Waals surface area contributed by atoms with Gasteiger partial charge in [-0.2, -0.15) is 0 Å². The van der Waals surface area contributed by atoms with Crippen LogP contribution in [0, 0.1) is 5.92 Å². The lowest BCUT2D eigenvalue weighted by Crippen LogP contribution is -2.39. The number of amides is 1. The van der Waals surface area contributed by atoms with Gasteiger partial charge in [0.2, 0.25) is 5.91 Å². The van der Waals surface area contributed by atoms with Gasteiger partial charge in [0.05, 0.1) is 0 Å². The standard InChI is InChI=1S/C30H32N2O/c1-31-22-28(26-14-8-9-15-29(26)31)27(25-12-6-3-7-13-25)21-30(33)32-18-16-24(17-19-32)20-23-10-4-2-5-11-23/h2-15,22,24,27H,16-21H2,1H3. The molecule has 4 aromatic rings. The summed E-state index contributed by atoms with van der Waals surface area (Å²) in [5.74, 6) is 1.00. The molecule has 1 aromatic heterocycles. The van der Waals surface area contributed by atoms with Crippen molar-refractivity contribution >= 4 is 16.8 Å². The van der Waals surface area contributed by atoms with Crippen molar-refractivity contribution in [1.82, 2.24) is 9.47 Å². The molecule has 0 bridgehead atoms. The van der Waals surface area contributed by atoms with Gasteiger partial charge in [0, 0.05) is 49.6 Å². The first-order chi connectivity index (χ1) is 16.2. The number of rotatable bonds is 6.